The van der Waals surface area contributed by atoms with Gasteiger partial charge >= 0.3 is 0 Å². The van der Waals surface area contributed by atoms with E-state index >= 15 is 0 Å². The number of imide groups is 1. The average molecular weight is 420 g/mol. The van der Waals surface area contributed by atoms with Crippen molar-refractivity contribution < 1.29 is 14.3 Å². The molecule has 6 nitrogen and oxygen atoms in total. The Labute approximate surface area is 183 Å². The summed E-state index contributed by atoms with van der Waals surface area (Å²) in [5.74, 6) is 0.252. The van der Waals surface area contributed by atoms with Crippen LogP contribution in [0, 0.1) is 0 Å². The van der Waals surface area contributed by atoms with E-state index in [1.807, 2.05) is 66.5 Å². The van der Waals surface area contributed by atoms with E-state index in [1.54, 1.807) is 7.11 Å². The van der Waals surface area contributed by atoms with Gasteiger partial charge in [0.15, 0.2) is 0 Å². The van der Waals surface area contributed by atoms with Gasteiger partial charge in [0.1, 0.15) is 11.4 Å². The van der Waals surface area contributed by atoms with E-state index in [2.05, 4.69) is 11.9 Å². The van der Waals surface area contributed by atoms with E-state index in [0.29, 0.717) is 17.0 Å². The van der Waals surface area contributed by atoms with E-state index in [1.165, 1.54) is 4.90 Å². The number of carbonyl (C=O) groups is 2. The summed E-state index contributed by atoms with van der Waals surface area (Å²) in [6.07, 6.45) is 1.93. The molecule has 31 heavy (non-hydrogen) atoms. The summed E-state index contributed by atoms with van der Waals surface area (Å²) in [6, 6.07) is 17.2. The van der Waals surface area contributed by atoms with Gasteiger partial charge < -0.3 is 14.5 Å². The first-order chi connectivity index (χ1) is 15.0. The van der Waals surface area contributed by atoms with Crippen LogP contribution in [0.3, 0.4) is 0 Å². The first-order valence-corrected chi connectivity index (χ1v) is 10.7. The van der Waals surface area contributed by atoms with Gasteiger partial charge in [-0.05, 0) is 56.2 Å². The fraction of sp³-hybridized carbons (Fsp3) is 0.360. The topological polar surface area (TPSA) is 53.1 Å². The molecule has 2 heterocycles. The van der Waals surface area contributed by atoms with Gasteiger partial charge in [0.2, 0.25) is 0 Å². The molecule has 0 atom stereocenters. The molecule has 0 saturated carbocycles. The largest absolute Gasteiger partial charge is 0.497 e. The monoisotopic (exact) mass is 419 g/mol. The fourth-order valence-electron chi connectivity index (χ4n) is 4.38. The molecule has 0 N–H and O–H groups in total. The summed E-state index contributed by atoms with van der Waals surface area (Å²) in [6.45, 7) is 2.23. The summed E-state index contributed by atoms with van der Waals surface area (Å²) in [5.41, 5.74) is 2.65. The first kappa shape index (κ1) is 21.1. The second-order valence-electron chi connectivity index (χ2n) is 8.28. The maximum atomic E-state index is 13.5. The van der Waals surface area contributed by atoms with Crippen molar-refractivity contribution in [2.75, 3.05) is 34.3 Å². The van der Waals surface area contributed by atoms with Crippen molar-refractivity contribution in [3.63, 3.8) is 0 Å². The number of piperidine rings is 1. The maximum absolute atomic E-state index is 13.5. The van der Waals surface area contributed by atoms with E-state index in [0.717, 1.165) is 37.1 Å². The van der Waals surface area contributed by atoms with Crippen molar-refractivity contribution in [3.8, 4) is 5.75 Å². The molecule has 0 radical (unpaired) electrons. The normalized spacial score (nSPS) is 18.1. The highest BCUT2D eigenvalue weighted by atomic mass is 16.5. The fourth-order valence-corrected chi connectivity index (χ4v) is 4.38. The number of rotatable bonds is 6. The smallest absolute Gasteiger partial charge is 0.278 e. The maximum Gasteiger partial charge on any atom is 0.278 e. The van der Waals surface area contributed by atoms with E-state index in [9.17, 15) is 9.59 Å². The third-order valence-electron chi connectivity index (χ3n) is 6.29. The number of amides is 2. The van der Waals surface area contributed by atoms with Gasteiger partial charge in [-0.1, -0.05) is 42.5 Å². The van der Waals surface area contributed by atoms with E-state index in [4.69, 9.17) is 4.74 Å². The van der Waals surface area contributed by atoms with Crippen molar-refractivity contribution >= 4 is 17.4 Å². The SMILES string of the molecule is COc1ccc(C2=C(N(C)C3CCN(C)CC3)C(=O)N(Cc3ccccc3)C2=O)cc1. The first-order valence-electron chi connectivity index (χ1n) is 10.7. The van der Waals surface area contributed by atoms with E-state index < -0.39 is 0 Å². The zero-order valence-corrected chi connectivity index (χ0v) is 18.4. The second kappa shape index (κ2) is 8.94. The van der Waals surface area contributed by atoms with Crippen LogP contribution in [0.15, 0.2) is 60.3 Å². The van der Waals surface area contributed by atoms with Crippen LogP contribution in [0.4, 0.5) is 0 Å². The molecule has 0 aliphatic carbocycles. The number of likely N-dealkylation sites (tertiary alicyclic amines) is 1. The molecule has 2 amide bonds. The Bertz CT molecular complexity index is 977. The number of ether oxygens (including phenoxy) is 1. The molecular formula is C25H29N3O3. The van der Waals surface area contributed by atoms with Crippen LogP contribution in [-0.2, 0) is 16.1 Å². The van der Waals surface area contributed by atoms with Crippen molar-refractivity contribution in [1.29, 1.82) is 0 Å². The lowest BCUT2D eigenvalue weighted by Crippen LogP contribution is -2.43. The second-order valence-corrected chi connectivity index (χ2v) is 8.28. The molecule has 2 aromatic carbocycles. The molecule has 1 fully saturated rings. The highest BCUT2D eigenvalue weighted by Crippen LogP contribution is 2.34. The minimum atomic E-state index is -0.242. The number of hydrogen-bond acceptors (Lipinski definition) is 5. The van der Waals surface area contributed by atoms with Gasteiger partial charge in [-0.15, -0.1) is 0 Å². The zero-order valence-electron chi connectivity index (χ0n) is 18.4. The Balaban J connectivity index is 1.71. The quantitative estimate of drug-likeness (QED) is 0.674. The lowest BCUT2D eigenvalue weighted by atomic mass is 10.00. The molecule has 0 unspecified atom stereocenters. The highest BCUT2D eigenvalue weighted by molar-refractivity contribution is 6.35. The minimum absolute atomic E-state index is 0.221. The molecule has 4 rings (SSSR count). The minimum Gasteiger partial charge on any atom is -0.497 e. The number of methoxy groups -OCH3 is 1. The van der Waals surface area contributed by atoms with Crippen LogP contribution in [0.25, 0.3) is 5.57 Å². The number of nitrogens with zero attached hydrogens (tertiary/aromatic N) is 3. The molecule has 2 aliphatic heterocycles. The van der Waals surface area contributed by atoms with Crippen LogP contribution < -0.4 is 4.74 Å². The van der Waals surface area contributed by atoms with Gasteiger partial charge in [0.05, 0.1) is 19.2 Å². The predicted octanol–water partition coefficient (Wildman–Crippen LogP) is 3.00. The third-order valence-corrected chi connectivity index (χ3v) is 6.29. The Morgan fingerprint density at radius 3 is 2.23 bits per heavy atom. The molecule has 0 bridgehead atoms. The number of benzene rings is 2. The summed E-state index contributed by atoms with van der Waals surface area (Å²) in [7, 11) is 5.68. The van der Waals surface area contributed by atoms with Crippen molar-refractivity contribution in [1.82, 2.24) is 14.7 Å². The summed E-state index contributed by atoms with van der Waals surface area (Å²) in [5, 5.41) is 0. The Morgan fingerprint density at radius 1 is 0.968 bits per heavy atom. The zero-order chi connectivity index (χ0) is 22.0. The molecule has 0 aromatic heterocycles. The summed E-state index contributed by atoms with van der Waals surface area (Å²) in [4.78, 5) is 32.8. The third kappa shape index (κ3) is 4.21. The molecule has 0 spiro atoms. The lowest BCUT2D eigenvalue weighted by molar-refractivity contribution is -0.138. The summed E-state index contributed by atoms with van der Waals surface area (Å²) < 4.78 is 5.27. The van der Waals surface area contributed by atoms with Crippen LogP contribution >= 0.6 is 0 Å². The van der Waals surface area contributed by atoms with Crippen LogP contribution in [0.1, 0.15) is 24.0 Å². The van der Waals surface area contributed by atoms with Crippen molar-refractivity contribution in [2.24, 2.45) is 0 Å². The lowest BCUT2D eigenvalue weighted by Gasteiger charge is -2.36. The van der Waals surface area contributed by atoms with Crippen molar-refractivity contribution in [2.45, 2.75) is 25.4 Å². The van der Waals surface area contributed by atoms with E-state index in [-0.39, 0.29) is 24.4 Å². The molecule has 6 heteroatoms. The molecule has 2 aromatic rings. The van der Waals surface area contributed by atoms with Crippen molar-refractivity contribution in [3.05, 3.63) is 71.4 Å². The van der Waals surface area contributed by atoms with Gasteiger partial charge in [0.25, 0.3) is 11.8 Å². The molecule has 162 valence electrons. The van der Waals surface area contributed by atoms with Crippen LogP contribution in [-0.4, -0.2) is 66.9 Å². The standard InChI is InChI=1S/C25H29N3O3/c1-26-15-13-20(14-16-26)27(2)23-22(19-9-11-21(31-3)12-10-19)24(29)28(25(23)30)17-18-7-5-4-6-8-18/h4-12,20H,13-17H2,1-3H3. The molecular weight excluding hydrogens is 390 g/mol. The Kier molecular flexibility index (Phi) is 6.09. The van der Waals surface area contributed by atoms with Gasteiger partial charge in [0, 0.05) is 13.1 Å². The molecule has 2 aliphatic rings. The number of hydrogen-bond donors (Lipinski definition) is 0. The van der Waals surface area contributed by atoms with Crippen LogP contribution in [0.2, 0.25) is 0 Å². The van der Waals surface area contributed by atoms with Crippen LogP contribution in [0.5, 0.6) is 5.75 Å². The number of carbonyl (C=O) groups excluding carboxylic acids is 2. The van der Waals surface area contributed by atoms with Gasteiger partial charge in [-0.2, -0.15) is 0 Å². The summed E-state index contributed by atoms with van der Waals surface area (Å²) >= 11 is 0. The van der Waals surface area contributed by atoms with Gasteiger partial charge in [-0.3, -0.25) is 14.5 Å². The average Bonchev–Trinajstić information content (AvgIpc) is 3.04. The Hall–Kier alpha value is -3.12. The Morgan fingerprint density at radius 2 is 1.61 bits per heavy atom. The number of likely N-dealkylation sites (N-methyl/N-ethyl adjacent to an activating group) is 1. The highest BCUT2D eigenvalue weighted by Gasteiger charge is 2.42. The molecule has 1 saturated heterocycles. The van der Waals surface area contributed by atoms with Gasteiger partial charge in [-0.25, -0.2) is 0 Å². The predicted molar refractivity (Wildman–Crippen MR) is 120 cm³/mol.